The van der Waals surface area contributed by atoms with E-state index in [1.54, 1.807) is 19.1 Å². The molecule has 1 N–H and O–H groups in total. The standard InChI is InChI=1S/C24H27NO5S/c1-5-30-24(29)20-19(16-11-10-13(2)14(3)12-16)15(4)31-22(20)25-21(26)17-8-6-7-9-18(17)23(27)28/h6-7,10-12,17-18H,5,8-9H2,1-4H3,(H,25,26)(H,27,28)/p-1/t17-,18+/m1/s1. The summed E-state index contributed by atoms with van der Waals surface area (Å²) < 4.78 is 5.29. The quantitative estimate of drug-likeness (QED) is 0.545. The minimum Gasteiger partial charge on any atom is -0.550 e. The van der Waals surface area contributed by atoms with Gasteiger partial charge in [0.25, 0.3) is 0 Å². The van der Waals surface area contributed by atoms with Gasteiger partial charge in [-0.05, 0) is 57.2 Å². The van der Waals surface area contributed by atoms with Gasteiger partial charge in [-0.1, -0.05) is 30.4 Å². The molecule has 164 valence electrons. The van der Waals surface area contributed by atoms with Crippen LogP contribution in [-0.2, 0) is 14.3 Å². The second-order valence-electron chi connectivity index (χ2n) is 7.72. The summed E-state index contributed by atoms with van der Waals surface area (Å²) in [6, 6.07) is 5.95. The fraction of sp³-hybridized carbons (Fsp3) is 0.375. The van der Waals surface area contributed by atoms with E-state index in [-0.39, 0.29) is 13.0 Å². The summed E-state index contributed by atoms with van der Waals surface area (Å²) in [6.07, 6.45) is 4.12. The Kier molecular flexibility index (Phi) is 6.95. The number of allylic oxidation sites excluding steroid dienone is 2. The molecule has 0 aliphatic heterocycles. The number of carboxylic acids is 1. The average Bonchev–Trinajstić information content (AvgIpc) is 3.05. The fourth-order valence-electron chi connectivity index (χ4n) is 3.84. The maximum atomic E-state index is 13.0. The van der Waals surface area contributed by atoms with Crippen LogP contribution in [0.1, 0.15) is 46.1 Å². The summed E-state index contributed by atoms with van der Waals surface area (Å²) in [4.78, 5) is 38.2. The van der Waals surface area contributed by atoms with Gasteiger partial charge in [0.1, 0.15) is 10.6 Å². The number of thiophene rings is 1. The van der Waals surface area contributed by atoms with E-state index in [9.17, 15) is 19.5 Å². The highest BCUT2D eigenvalue weighted by molar-refractivity contribution is 7.17. The van der Waals surface area contributed by atoms with Gasteiger partial charge in [0.15, 0.2) is 0 Å². The zero-order chi connectivity index (χ0) is 22.7. The summed E-state index contributed by atoms with van der Waals surface area (Å²) in [6.45, 7) is 7.84. The Hall–Kier alpha value is -2.93. The fourth-order valence-corrected chi connectivity index (χ4v) is 4.91. The van der Waals surface area contributed by atoms with Crippen LogP contribution in [0.25, 0.3) is 11.1 Å². The van der Waals surface area contributed by atoms with E-state index in [1.807, 2.05) is 39.0 Å². The molecule has 0 fully saturated rings. The Morgan fingerprint density at radius 1 is 1.10 bits per heavy atom. The highest BCUT2D eigenvalue weighted by atomic mass is 32.1. The lowest BCUT2D eigenvalue weighted by Crippen LogP contribution is -2.41. The normalized spacial score (nSPS) is 17.9. The molecule has 6 nitrogen and oxygen atoms in total. The van der Waals surface area contributed by atoms with E-state index < -0.39 is 29.7 Å². The highest BCUT2D eigenvalue weighted by Crippen LogP contribution is 2.41. The SMILES string of the molecule is CCOC(=O)c1c(NC(=O)[C@@H]2CC=CC[C@@H]2C(=O)[O-])sc(C)c1-c1ccc(C)c(C)c1. The number of aryl methyl sites for hydroxylation is 3. The van der Waals surface area contributed by atoms with Gasteiger partial charge in [0, 0.05) is 22.3 Å². The molecular weight excluding hydrogens is 414 g/mol. The highest BCUT2D eigenvalue weighted by Gasteiger charge is 2.32. The van der Waals surface area contributed by atoms with Gasteiger partial charge < -0.3 is 20.0 Å². The van der Waals surface area contributed by atoms with Crippen LogP contribution < -0.4 is 10.4 Å². The minimum absolute atomic E-state index is 0.202. The second kappa shape index (κ2) is 9.47. The van der Waals surface area contributed by atoms with Crippen LogP contribution in [0.2, 0.25) is 0 Å². The van der Waals surface area contributed by atoms with Gasteiger partial charge >= 0.3 is 5.97 Å². The molecule has 2 aromatic rings. The lowest BCUT2D eigenvalue weighted by atomic mass is 9.82. The first kappa shape index (κ1) is 22.7. The molecule has 31 heavy (non-hydrogen) atoms. The van der Waals surface area contributed by atoms with Crippen molar-refractivity contribution in [1.82, 2.24) is 0 Å². The number of nitrogens with one attached hydrogen (secondary N) is 1. The Bertz CT molecular complexity index is 1050. The Labute approximate surface area is 185 Å². The maximum absolute atomic E-state index is 13.0. The van der Waals surface area contributed by atoms with Crippen molar-refractivity contribution in [2.45, 2.75) is 40.5 Å². The monoisotopic (exact) mass is 440 g/mol. The number of esters is 1. The summed E-state index contributed by atoms with van der Waals surface area (Å²) in [5.41, 5.74) is 4.13. The number of carboxylic acid groups (broad SMARTS) is 1. The van der Waals surface area contributed by atoms with Crippen molar-refractivity contribution in [3.05, 3.63) is 51.9 Å². The number of rotatable bonds is 6. The molecule has 0 unspecified atom stereocenters. The maximum Gasteiger partial charge on any atom is 0.341 e. The van der Waals surface area contributed by atoms with Gasteiger partial charge in [0.05, 0.1) is 12.5 Å². The molecule has 2 atom stereocenters. The van der Waals surface area contributed by atoms with Gasteiger partial charge in [-0.3, -0.25) is 4.79 Å². The van der Waals surface area contributed by atoms with Crippen molar-refractivity contribution >= 4 is 34.2 Å². The number of anilines is 1. The summed E-state index contributed by atoms with van der Waals surface area (Å²) >= 11 is 1.29. The molecule has 0 bridgehead atoms. The summed E-state index contributed by atoms with van der Waals surface area (Å²) in [7, 11) is 0. The predicted octanol–water partition coefficient (Wildman–Crippen LogP) is 3.79. The smallest absolute Gasteiger partial charge is 0.341 e. The van der Waals surface area contributed by atoms with Gasteiger partial charge in [-0.25, -0.2) is 4.79 Å². The lowest BCUT2D eigenvalue weighted by molar-refractivity contribution is -0.313. The Morgan fingerprint density at radius 2 is 1.77 bits per heavy atom. The molecule has 1 aromatic carbocycles. The Morgan fingerprint density at radius 3 is 2.39 bits per heavy atom. The molecular formula is C24H26NO5S-. The van der Waals surface area contributed by atoms with Crippen molar-refractivity contribution in [3.63, 3.8) is 0 Å². The molecule has 1 aromatic heterocycles. The largest absolute Gasteiger partial charge is 0.550 e. The van der Waals surface area contributed by atoms with Crippen molar-refractivity contribution in [2.75, 3.05) is 11.9 Å². The van der Waals surface area contributed by atoms with Crippen molar-refractivity contribution in [3.8, 4) is 11.1 Å². The number of hydrogen-bond acceptors (Lipinski definition) is 6. The van der Waals surface area contributed by atoms with Crippen LogP contribution in [0.4, 0.5) is 5.00 Å². The van der Waals surface area contributed by atoms with Crippen LogP contribution in [0.15, 0.2) is 30.4 Å². The molecule has 0 saturated heterocycles. The van der Waals surface area contributed by atoms with E-state index in [4.69, 9.17) is 4.74 Å². The number of benzene rings is 1. The summed E-state index contributed by atoms with van der Waals surface area (Å²) in [5.74, 6) is -3.84. The number of carbonyl (C=O) groups excluding carboxylic acids is 3. The predicted molar refractivity (Wildman–Crippen MR) is 119 cm³/mol. The van der Waals surface area contributed by atoms with E-state index in [1.165, 1.54) is 11.3 Å². The number of amides is 1. The number of ether oxygens (including phenoxy) is 1. The van der Waals surface area contributed by atoms with Crippen LogP contribution in [-0.4, -0.2) is 24.5 Å². The summed E-state index contributed by atoms with van der Waals surface area (Å²) in [5, 5.41) is 14.7. The zero-order valence-corrected chi connectivity index (χ0v) is 18.9. The second-order valence-corrected chi connectivity index (χ2v) is 8.95. The average molecular weight is 441 g/mol. The van der Waals surface area contributed by atoms with Gasteiger partial charge in [-0.15, -0.1) is 11.3 Å². The molecule has 0 radical (unpaired) electrons. The third kappa shape index (κ3) is 4.71. The van der Waals surface area contributed by atoms with Gasteiger partial charge in [0.2, 0.25) is 5.91 Å². The number of carbonyl (C=O) groups is 3. The third-order valence-corrected chi connectivity index (χ3v) is 6.69. The lowest BCUT2D eigenvalue weighted by Gasteiger charge is -2.28. The molecule has 7 heteroatoms. The molecule has 0 saturated carbocycles. The zero-order valence-electron chi connectivity index (χ0n) is 18.1. The molecule has 0 spiro atoms. The minimum atomic E-state index is -1.24. The first-order valence-corrected chi connectivity index (χ1v) is 11.1. The number of hydrogen-bond donors (Lipinski definition) is 1. The molecule has 1 amide bonds. The first-order chi connectivity index (χ1) is 14.7. The molecule has 1 heterocycles. The van der Waals surface area contributed by atoms with Crippen LogP contribution in [0, 0.1) is 32.6 Å². The van der Waals surface area contributed by atoms with Crippen LogP contribution in [0.3, 0.4) is 0 Å². The van der Waals surface area contributed by atoms with E-state index in [2.05, 4.69) is 5.32 Å². The van der Waals surface area contributed by atoms with E-state index in [0.717, 1.165) is 27.1 Å². The van der Waals surface area contributed by atoms with Crippen LogP contribution >= 0.6 is 11.3 Å². The molecule has 1 aliphatic carbocycles. The third-order valence-electron chi connectivity index (χ3n) is 5.67. The van der Waals surface area contributed by atoms with Crippen LogP contribution in [0.5, 0.6) is 0 Å². The Balaban J connectivity index is 2.03. The van der Waals surface area contributed by atoms with Crippen molar-refractivity contribution in [1.29, 1.82) is 0 Å². The molecule has 3 rings (SSSR count). The van der Waals surface area contributed by atoms with E-state index >= 15 is 0 Å². The van der Waals surface area contributed by atoms with E-state index in [0.29, 0.717) is 17.0 Å². The van der Waals surface area contributed by atoms with Crippen molar-refractivity contribution < 1.29 is 24.2 Å². The topological polar surface area (TPSA) is 95.5 Å². The number of aliphatic carboxylic acids is 1. The molecule has 1 aliphatic rings. The van der Waals surface area contributed by atoms with Gasteiger partial charge in [-0.2, -0.15) is 0 Å². The first-order valence-electron chi connectivity index (χ1n) is 10.3. The van der Waals surface area contributed by atoms with Crippen molar-refractivity contribution in [2.24, 2.45) is 11.8 Å².